The summed E-state index contributed by atoms with van der Waals surface area (Å²) in [5, 5.41) is 25.2. The van der Waals surface area contributed by atoms with Gasteiger partial charge in [-0.3, -0.25) is 4.79 Å². The molecule has 2 N–H and O–H groups in total. The molecule has 5 nitrogen and oxygen atoms in total. The summed E-state index contributed by atoms with van der Waals surface area (Å²) in [6.07, 6.45) is 15.0. The van der Waals surface area contributed by atoms with E-state index in [4.69, 9.17) is 5.11 Å². The molecule has 0 heterocycles. The van der Waals surface area contributed by atoms with Crippen molar-refractivity contribution in [3.05, 3.63) is 174 Å². The van der Waals surface area contributed by atoms with Crippen LogP contribution in [0, 0.1) is 0 Å². The van der Waals surface area contributed by atoms with Gasteiger partial charge in [0.2, 0.25) is 0 Å². The molecule has 0 spiro atoms. The predicted octanol–water partition coefficient (Wildman–Crippen LogP) is 9.93. The summed E-state index contributed by atoms with van der Waals surface area (Å²) in [6, 6.07) is 38.6. The van der Waals surface area contributed by atoms with E-state index in [1.54, 1.807) is 18.2 Å². The highest BCUT2D eigenvalue weighted by molar-refractivity contribution is 6.11. The van der Waals surface area contributed by atoms with Gasteiger partial charge in [-0.05, 0) is 40.3 Å². The number of amides is 1. The number of allylic oxidation sites excluding steroid dienone is 3. The summed E-state index contributed by atoms with van der Waals surface area (Å²) in [5.74, 6) is -0.644. The molecule has 5 aromatic carbocycles. The summed E-state index contributed by atoms with van der Waals surface area (Å²) in [5.41, 5.74) is 3.46. The van der Waals surface area contributed by atoms with Crippen LogP contribution in [-0.4, -0.2) is 16.6 Å². The van der Waals surface area contributed by atoms with Gasteiger partial charge >= 0.3 is 0 Å². The Morgan fingerprint density at radius 1 is 0.773 bits per heavy atom. The van der Waals surface area contributed by atoms with Crippen LogP contribution in [0.3, 0.4) is 0 Å². The van der Waals surface area contributed by atoms with Gasteiger partial charge in [-0.2, -0.15) is 10.2 Å². The zero-order valence-corrected chi connectivity index (χ0v) is 24.0. The molecule has 0 saturated heterocycles. The predicted molar refractivity (Wildman–Crippen MR) is 180 cm³/mol. The van der Waals surface area contributed by atoms with Gasteiger partial charge in [-0.1, -0.05) is 146 Å². The SMILES string of the molecule is O=C(Nc1ccccc1)c1cc2ccccc2c(N=NC2(/C=C/c3ccccc3)C=CC(/C=C/c3ccccc3)=CC2)c1O. The van der Waals surface area contributed by atoms with Gasteiger partial charge in [0.1, 0.15) is 11.2 Å². The van der Waals surface area contributed by atoms with Crippen molar-refractivity contribution in [2.75, 3.05) is 5.32 Å². The van der Waals surface area contributed by atoms with Crippen molar-refractivity contribution in [3.63, 3.8) is 0 Å². The molecule has 1 aliphatic rings. The zero-order valence-electron chi connectivity index (χ0n) is 24.0. The Morgan fingerprint density at radius 2 is 1.41 bits per heavy atom. The van der Waals surface area contributed by atoms with E-state index in [0.29, 0.717) is 17.5 Å². The van der Waals surface area contributed by atoms with E-state index in [1.165, 1.54) is 0 Å². The number of phenols is 1. The van der Waals surface area contributed by atoms with Gasteiger partial charge in [-0.25, -0.2) is 0 Å². The lowest BCUT2D eigenvalue weighted by molar-refractivity contribution is 0.102. The van der Waals surface area contributed by atoms with E-state index in [9.17, 15) is 9.90 Å². The molecule has 44 heavy (non-hydrogen) atoms. The lowest BCUT2D eigenvalue weighted by Gasteiger charge is -2.23. The molecule has 0 saturated carbocycles. The van der Waals surface area contributed by atoms with E-state index >= 15 is 0 Å². The molecule has 5 aromatic rings. The van der Waals surface area contributed by atoms with Gasteiger partial charge in [-0.15, -0.1) is 0 Å². The van der Waals surface area contributed by atoms with Gasteiger partial charge < -0.3 is 10.4 Å². The van der Waals surface area contributed by atoms with Crippen molar-refractivity contribution < 1.29 is 9.90 Å². The summed E-state index contributed by atoms with van der Waals surface area (Å²) < 4.78 is 0. The summed E-state index contributed by atoms with van der Waals surface area (Å²) in [4.78, 5) is 13.3. The summed E-state index contributed by atoms with van der Waals surface area (Å²) in [6.45, 7) is 0. The Hall–Kier alpha value is -5.81. The molecule has 1 unspecified atom stereocenters. The summed E-state index contributed by atoms with van der Waals surface area (Å²) in [7, 11) is 0. The molecule has 1 atom stereocenters. The highest BCUT2D eigenvalue weighted by Gasteiger charge is 2.26. The first-order valence-electron chi connectivity index (χ1n) is 14.5. The molecular weight excluding hydrogens is 542 g/mol. The lowest BCUT2D eigenvalue weighted by atomic mass is 9.88. The van der Waals surface area contributed by atoms with Crippen molar-refractivity contribution in [1.82, 2.24) is 0 Å². The van der Waals surface area contributed by atoms with E-state index in [2.05, 4.69) is 40.8 Å². The number of rotatable bonds is 8. The first-order chi connectivity index (χ1) is 21.6. The van der Waals surface area contributed by atoms with E-state index in [0.717, 1.165) is 22.1 Å². The van der Waals surface area contributed by atoms with Crippen molar-refractivity contribution in [2.24, 2.45) is 10.2 Å². The number of carbonyl (C=O) groups is 1. The van der Waals surface area contributed by atoms with Gasteiger partial charge in [0.15, 0.2) is 5.75 Å². The standard InChI is InChI=1S/C39H31N3O2/c43-37-35(38(44)40-33-17-8-3-9-18-33)28-32-16-10-11-19-34(32)36(37)41-42-39(25-22-30-14-6-2-7-15-30)26-23-31(24-27-39)21-20-29-12-4-1-5-13-29/h1-26,28,43H,27H2,(H,40,44)/b21-20+,25-22+,42-41?. The normalized spacial score (nSPS) is 16.6. The van der Waals surface area contributed by atoms with Crippen LogP contribution in [0.2, 0.25) is 0 Å². The van der Waals surface area contributed by atoms with Crippen LogP contribution in [0.5, 0.6) is 5.75 Å². The topological polar surface area (TPSA) is 74.0 Å². The second kappa shape index (κ2) is 13.0. The minimum Gasteiger partial charge on any atom is -0.505 e. The number of fused-ring (bicyclic) bond motifs is 1. The second-order valence-corrected chi connectivity index (χ2v) is 10.6. The lowest BCUT2D eigenvalue weighted by Crippen LogP contribution is -2.21. The molecule has 1 aliphatic carbocycles. The van der Waals surface area contributed by atoms with E-state index in [1.807, 2.05) is 115 Å². The fourth-order valence-corrected chi connectivity index (χ4v) is 5.03. The number of hydrogen-bond donors (Lipinski definition) is 2. The number of azo groups is 1. The van der Waals surface area contributed by atoms with Crippen LogP contribution in [0.4, 0.5) is 11.4 Å². The molecule has 0 aromatic heterocycles. The fourth-order valence-electron chi connectivity index (χ4n) is 5.03. The fraction of sp³-hybridized carbons (Fsp3) is 0.0513. The van der Waals surface area contributed by atoms with Crippen molar-refractivity contribution in [1.29, 1.82) is 0 Å². The maximum Gasteiger partial charge on any atom is 0.259 e. The molecule has 5 heteroatoms. The molecular formula is C39H31N3O2. The smallest absolute Gasteiger partial charge is 0.259 e. The van der Waals surface area contributed by atoms with Gasteiger partial charge in [0.05, 0.1) is 5.56 Å². The minimum absolute atomic E-state index is 0.128. The van der Waals surface area contributed by atoms with Crippen molar-refractivity contribution in [2.45, 2.75) is 12.0 Å². The van der Waals surface area contributed by atoms with Gasteiger partial charge in [0, 0.05) is 17.5 Å². The number of aromatic hydroxyl groups is 1. The number of nitrogens with zero attached hydrogens (tertiary/aromatic N) is 2. The molecule has 0 bridgehead atoms. The first kappa shape index (κ1) is 28.3. The number of anilines is 1. The molecule has 0 aliphatic heterocycles. The average molecular weight is 574 g/mol. The second-order valence-electron chi connectivity index (χ2n) is 10.6. The number of carbonyl (C=O) groups excluding carboxylic acids is 1. The molecule has 1 amide bonds. The molecule has 0 radical (unpaired) electrons. The Labute approximate surface area is 256 Å². The van der Waals surface area contributed by atoms with Crippen LogP contribution >= 0.6 is 0 Å². The Balaban J connectivity index is 1.36. The third kappa shape index (κ3) is 6.63. The number of phenolic OH excluding ortho intramolecular Hbond substituents is 1. The minimum atomic E-state index is -0.796. The number of benzene rings is 5. The number of hydrogen-bond acceptors (Lipinski definition) is 4. The Morgan fingerprint density at radius 3 is 2.09 bits per heavy atom. The monoisotopic (exact) mass is 573 g/mol. The highest BCUT2D eigenvalue weighted by atomic mass is 16.3. The Kier molecular flexibility index (Phi) is 8.37. The van der Waals surface area contributed by atoms with Crippen molar-refractivity contribution in [3.8, 4) is 5.75 Å². The van der Waals surface area contributed by atoms with Crippen molar-refractivity contribution >= 4 is 40.2 Å². The Bertz CT molecular complexity index is 1920. The van der Waals surface area contributed by atoms with Gasteiger partial charge in [0.25, 0.3) is 5.91 Å². The summed E-state index contributed by atoms with van der Waals surface area (Å²) >= 11 is 0. The maximum absolute atomic E-state index is 13.3. The molecule has 0 fully saturated rings. The van der Waals surface area contributed by atoms with Crippen LogP contribution in [0.25, 0.3) is 22.9 Å². The third-order valence-electron chi connectivity index (χ3n) is 7.47. The number of para-hydroxylation sites is 1. The first-order valence-corrected chi connectivity index (χ1v) is 14.5. The van der Waals surface area contributed by atoms with E-state index < -0.39 is 11.4 Å². The molecule has 214 valence electrons. The maximum atomic E-state index is 13.3. The average Bonchev–Trinajstić information content (AvgIpc) is 3.08. The van der Waals surface area contributed by atoms with Crippen LogP contribution in [0.15, 0.2) is 168 Å². The largest absolute Gasteiger partial charge is 0.505 e. The van der Waals surface area contributed by atoms with Crippen LogP contribution in [0.1, 0.15) is 27.9 Å². The number of nitrogens with one attached hydrogen (secondary N) is 1. The quantitative estimate of drug-likeness (QED) is 0.181. The van der Waals surface area contributed by atoms with Crippen LogP contribution < -0.4 is 5.32 Å². The zero-order chi connectivity index (χ0) is 30.2. The third-order valence-corrected chi connectivity index (χ3v) is 7.47. The molecule has 6 rings (SSSR count). The highest BCUT2D eigenvalue weighted by Crippen LogP contribution is 2.40. The van der Waals surface area contributed by atoms with E-state index in [-0.39, 0.29) is 17.0 Å². The van der Waals surface area contributed by atoms with Crippen LogP contribution in [-0.2, 0) is 0 Å².